The molecule has 0 unspecified atom stereocenters. The molecule has 0 N–H and O–H groups in total. The third kappa shape index (κ3) is 2.31. The van der Waals surface area contributed by atoms with Crippen LogP contribution in [0.5, 0.6) is 11.6 Å². The molecule has 2 aromatic rings. The van der Waals surface area contributed by atoms with E-state index >= 15 is 0 Å². The van der Waals surface area contributed by atoms with Gasteiger partial charge in [0, 0.05) is 12.3 Å². The molecule has 15 heavy (non-hydrogen) atoms. The third-order valence-electron chi connectivity index (χ3n) is 2.09. The predicted octanol–water partition coefficient (Wildman–Crippen LogP) is 2.89. The molecule has 0 aliphatic carbocycles. The van der Waals surface area contributed by atoms with Crippen LogP contribution in [0.4, 0.5) is 0 Å². The number of aryl methyl sites for hydroxylation is 2. The summed E-state index contributed by atoms with van der Waals surface area (Å²) in [4.78, 5) is 0. The molecule has 3 heteroatoms. The van der Waals surface area contributed by atoms with Crippen LogP contribution in [0.1, 0.15) is 11.1 Å². The van der Waals surface area contributed by atoms with Crippen LogP contribution >= 0.6 is 0 Å². The van der Waals surface area contributed by atoms with Crippen molar-refractivity contribution in [1.82, 2.24) is 10.2 Å². The molecule has 0 spiro atoms. The van der Waals surface area contributed by atoms with Gasteiger partial charge in [-0.15, -0.1) is 5.10 Å². The van der Waals surface area contributed by atoms with E-state index in [1.165, 1.54) is 5.56 Å². The van der Waals surface area contributed by atoms with E-state index in [2.05, 4.69) is 23.2 Å². The minimum Gasteiger partial charge on any atom is -0.437 e. The molecule has 0 amide bonds. The lowest BCUT2D eigenvalue weighted by Crippen LogP contribution is -1.91. The molecule has 1 aromatic carbocycles. The smallest absolute Gasteiger partial charge is 0.238 e. The summed E-state index contributed by atoms with van der Waals surface area (Å²) in [6.45, 7) is 4.07. The Hall–Kier alpha value is -1.90. The minimum atomic E-state index is 0.518. The SMILES string of the molecule is Cc1ccc(Oc2cccnn2)c(C)c1. The van der Waals surface area contributed by atoms with Crippen molar-refractivity contribution in [1.29, 1.82) is 0 Å². The van der Waals surface area contributed by atoms with Crippen molar-refractivity contribution in [2.24, 2.45) is 0 Å². The maximum atomic E-state index is 5.59. The molecule has 0 saturated heterocycles. The van der Waals surface area contributed by atoms with Gasteiger partial charge < -0.3 is 4.74 Å². The molecular weight excluding hydrogens is 188 g/mol. The number of hydrogen-bond donors (Lipinski definition) is 0. The number of benzene rings is 1. The van der Waals surface area contributed by atoms with Gasteiger partial charge in [0.2, 0.25) is 5.88 Å². The van der Waals surface area contributed by atoms with Crippen molar-refractivity contribution in [3.63, 3.8) is 0 Å². The molecule has 2 rings (SSSR count). The average Bonchev–Trinajstić information content (AvgIpc) is 2.24. The van der Waals surface area contributed by atoms with Crippen LogP contribution in [0.2, 0.25) is 0 Å². The zero-order chi connectivity index (χ0) is 10.7. The first kappa shape index (κ1) is 9.65. The first-order valence-corrected chi connectivity index (χ1v) is 4.78. The van der Waals surface area contributed by atoms with Crippen LogP contribution < -0.4 is 4.74 Å². The number of nitrogens with zero attached hydrogens (tertiary/aromatic N) is 2. The summed E-state index contributed by atoms with van der Waals surface area (Å²) in [5.41, 5.74) is 2.32. The lowest BCUT2D eigenvalue weighted by atomic mass is 10.1. The molecule has 3 nitrogen and oxygen atoms in total. The minimum absolute atomic E-state index is 0.518. The van der Waals surface area contributed by atoms with Crippen LogP contribution in [-0.2, 0) is 0 Å². The molecule has 0 fully saturated rings. The van der Waals surface area contributed by atoms with E-state index in [0.29, 0.717) is 5.88 Å². The Morgan fingerprint density at radius 1 is 1.13 bits per heavy atom. The van der Waals surface area contributed by atoms with E-state index in [-0.39, 0.29) is 0 Å². The molecule has 1 aromatic heterocycles. The summed E-state index contributed by atoms with van der Waals surface area (Å²) in [6.07, 6.45) is 1.62. The second kappa shape index (κ2) is 4.09. The maximum Gasteiger partial charge on any atom is 0.238 e. The van der Waals surface area contributed by atoms with E-state index in [4.69, 9.17) is 4.74 Å². The molecule has 0 saturated carbocycles. The van der Waals surface area contributed by atoms with E-state index < -0.39 is 0 Å². The molecule has 0 aliphatic rings. The first-order chi connectivity index (χ1) is 7.25. The quantitative estimate of drug-likeness (QED) is 0.747. The Balaban J connectivity index is 2.25. The van der Waals surface area contributed by atoms with Crippen LogP contribution in [0, 0.1) is 13.8 Å². The zero-order valence-electron chi connectivity index (χ0n) is 8.77. The van der Waals surface area contributed by atoms with E-state index in [1.807, 2.05) is 19.1 Å². The first-order valence-electron chi connectivity index (χ1n) is 4.78. The lowest BCUT2D eigenvalue weighted by Gasteiger charge is -2.07. The summed E-state index contributed by atoms with van der Waals surface area (Å²) in [5.74, 6) is 1.34. The van der Waals surface area contributed by atoms with Crippen LogP contribution in [0.25, 0.3) is 0 Å². The topological polar surface area (TPSA) is 35.0 Å². The van der Waals surface area contributed by atoms with Gasteiger partial charge in [-0.05, 0) is 31.5 Å². The Labute approximate surface area is 88.7 Å². The van der Waals surface area contributed by atoms with Crippen molar-refractivity contribution in [3.8, 4) is 11.6 Å². The summed E-state index contributed by atoms with van der Waals surface area (Å²) >= 11 is 0. The van der Waals surface area contributed by atoms with Crippen molar-refractivity contribution in [2.75, 3.05) is 0 Å². The highest BCUT2D eigenvalue weighted by molar-refractivity contribution is 5.37. The fraction of sp³-hybridized carbons (Fsp3) is 0.167. The van der Waals surface area contributed by atoms with Gasteiger partial charge in [-0.3, -0.25) is 0 Å². The highest BCUT2D eigenvalue weighted by atomic mass is 16.5. The van der Waals surface area contributed by atoms with E-state index in [1.54, 1.807) is 18.3 Å². The molecule has 76 valence electrons. The lowest BCUT2D eigenvalue weighted by molar-refractivity contribution is 0.452. The van der Waals surface area contributed by atoms with Gasteiger partial charge in [-0.2, -0.15) is 5.10 Å². The van der Waals surface area contributed by atoms with Gasteiger partial charge in [-0.25, -0.2) is 0 Å². The summed E-state index contributed by atoms with van der Waals surface area (Å²) in [7, 11) is 0. The van der Waals surface area contributed by atoms with Gasteiger partial charge in [0.25, 0.3) is 0 Å². The van der Waals surface area contributed by atoms with E-state index in [9.17, 15) is 0 Å². The van der Waals surface area contributed by atoms with Crippen molar-refractivity contribution in [3.05, 3.63) is 47.7 Å². The summed E-state index contributed by atoms with van der Waals surface area (Å²) < 4.78 is 5.59. The largest absolute Gasteiger partial charge is 0.437 e. The molecule has 0 atom stereocenters. The Morgan fingerprint density at radius 3 is 2.67 bits per heavy atom. The third-order valence-corrected chi connectivity index (χ3v) is 2.09. The molecule has 0 bridgehead atoms. The Morgan fingerprint density at radius 2 is 2.00 bits per heavy atom. The maximum absolute atomic E-state index is 5.59. The molecular formula is C12H12N2O. The van der Waals surface area contributed by atoms with Gasteiger partial charge >= 0.3 is 0 Å². The normalized spacial score (nSPS) is 10.0. The van der Waals surface area contributed by atoms with Crippen LogP contribution in [0.15, 0.2) is 36.5 Å². The number of hydrogen-bond acceptors (Lipinski definition) is 3. The zero-order valence-corrected chi connectivity index (χ0v) is 8.77. The van der Waals surface area contributed by atoms with Crippen LogP contribution in [-0.4, -0.2) is 10.2 Å². The van der Waals surface area contributed by atoms with Crippen molar-refractivity contribution < 1.29 is 4.74 Å². The van der Waals surface area contributed by atoms with E-state index in [0.717, 1.165) is 11.3 Å². The standard InChI is InChI=1S/C12H12N2O/c1-9-5-6-11(10(2)8-9)15-12-4-3-7-13-14-12/h3-8H,1-2H3. The van der Waals surface area contributed by atoms with Gasteiger partial charge in [0.1, 0.15) is 5.75 Å². The fourth-order valence-electron chi connectivity index (χ4n) is 1.37. The number of rotatable bonds is 2. The highest BCUT2D eigenvalue weighted by Gasteiger charge is 2.01. The Kier molecular flexibility index (Phi) is 2.63. The Bertz CT molecular complexity index is 454. The number of aromatic nitrogens is 2. The molecule has 0 radical (unpaired) electrons. The van der Waals surface area contributed by atoms with Crippen molar-refractivity contribution in [2.45, 2.75) is 13.8 Å². The fourth-order valence-corrected chi connectivity index (χ4v) is 1.37. The second-order valence-electron chi connectivity index (χ2n) is 3.43. The predicted molar refractivity (Wildman–Crippen MR) is 58.0 cm³/mol. The average molecular weight is 200 g/mol. The monoisotopic (exact) mass is 200 g/mol. The number of ether oxygens (including phenoxy) is 1. The van der Waals surface area contributed by atoms with Gasteiger partial charge in [-0.1, -0.05) is 17.7 Å². The summed E-state index contributed by atoms with van der Waals surface area (Å²) in [5, 5.41) is 7.62. The molecule has 1 heterocycles. The highest BCUT2D eigenvalue weighted by Crippen LogP contribution is 2.23. The summed E-state index contributed by atoms with van der Waals surface area (Å²) in [6, 6.07) is 9.61. The second-order valence-corrected chi connectivity index (χ2v) is 3.43. The molecule has 0 aliphatic heterocycles. The van der Waals surface area contributed by atoms with Gasteiger partial charge in [0.15, 0.2) is 0 Å². The van der Waals surface area contributed by atoms with Crippen molar-refractivity contribution >= 4 is 0 Å². The van der Waals surface area contributed by atoms with Crippen LogP contribution in [0.3, 0.4) is 0 Å². The van der Waals surface area contributed by atoms with Gasteiger partial charge in [0.05, 0.1) is 0 Å².